The first-order chi connectivity index (χ1) is 23.3. The van der Waals surface area contributed by atoms with Crippen molar-refractivity contribution in [2.45, 2.75) is 76.1 Å². The molecule has 5 rings (SSSR count). The maximum Gasteiger partial charge on any atom is 0.248 e. The summed E-state index contributed by atoms with van der Waals surface area (Å²) in [7, 11) is 0. The van der Waals surface area contributed by atoms with Crippen molar-refractivity contribution in [2.24, 2.45) is 35.1 Å². The van der Waals surface area contributed by atoms with E-state index in [1.165, 1.54) is 0 Å². The number of nitrogens with zero attached hydrogens (tertiary/aromatic N) is 4. The molecule has 48 heavy (non-hydrogen) atoms. The molecule has 0 aromatic carbocycles. The molecule has 0 aromatic rings. The molecular formula is C34H58N6O8. The van der Waals surface area contributed by atoms with E-state index in [-0.39, 0.29) is 55.3 Å². The average Bonchev–Trinajstić information content (AvgIpc) is 3.14. The molecule has 5 N–H and O–H groups in total. The van der Waals surface area contributed by atoms with Crippen molar-refractivity contribution < 1.29 is 38.5 Å². The highest BCUT2D eigenvalue weighted by Crippen LogP contribution is 2.31. The molecule has 0 unspecified atom stereocenters. The molecule has 14 heteroatoms. The summed E-state index contributed by atoms with van der Waals surface area (Å²) >= 11 is 0. The van der Waals surface area contributed by atoms with Gasteiger partial charge in [-0.05, 0) is 82.7 Å². The lowest BCUT2D eigenvalue weighted by Crippen LogP contribution is -2.54. The Hall–Kier alpha value is -2.36. The molecule has 0 radical (unpaired) electrons. The number of hydrogen-bond donors (Lipinski definition) is 3. The summed E-state index contributed by atoms with van der Waals surface area (Å²) in [4.78, 5) is 58.9. The highest BCUT2D eigenvalue weighted by molar-refractivity contribution is 5.81. The van der Waals surface area contributed by atoms with Crippen molar-refractivity contribution in [2.75, 3.05) is 91.9 Å². The first-order valence-corrected chi connectivity index (χ1v) is 18.3. The number of aliphatic hydroxyl groups excluding tert-OH is 1. The number of carbonyl (C=O) groups excluding carboxylic acids is 4. The Kier molecular flexibility index (Phi) is 13.9. The van der Waals surface area contributed by atoms with Gasteiger partial charge in [-0.15, -0.1) is 0 Å². The van der Waals surface area contributed by atoms with Gasteiger partial charge in [0, 0.05) is 70.8 Å². The Balaban J connectivity index is 0.949. The van der Waals surface area contributed by atoms with Gasteiger partial charge >= 0.3 is 0 Å². The summed E-state index contributed by atoms with van der Waals surface area (Å²) in [6.07, 6.45) is 5.76. The lowest BCUT2D eigenvalue weighted by atomic mass is 9.81. The SMILES string of the molecule is NCC1CCC(C(=O)N2CCN(C(=O)COC[C@H]3OCC[C@@H](OCC(=O)N4CCN(C(=O)C5CCC(CN)CC5)CC4)[C@@H]3O)CC2)CC1. The zero-order chi connectivity index (χ0) is 34.0. The van der Waals surface area contributed by atoms with E-state index >= 15 is 0 Å². The smallest absolute Gasteiger partial charge is 0.248 e. The largest absolute Gasteiger partial charge is 0.388 e. The fraction of sp³-hybridized carbons (Fsp3) is 0.882. The number of nitrogens with two attached hydrogens (primary N) is 2. The molecule has 14 nitrogen and oxygen atoms in total. The van der Waals surface area contributed by atoms with Crippen LogP contribution in [0.3, 0.4) is 0 Å². The van der Waals surface area contributed by atoms with E-state index < -0.39 is 18.3 Å². The molecular weight excluding hydrogens is 620 g/mol. The van der Waals surface area contributed by atoms with Crippen molar-refractivity contribution in [3.63, 3.8) is 0 Å². The minimum atomic E-state index is -1.00. The van der Waals surface area contributed by atoms with E-state index in [1.807, 2.05) is 9.80 Å². The van der Waals surface area contributed by atoms with Gasteiger partial charge in [-0.3, -0.25) is 19.2 Å². The zero-order valence-electron chi connectivity index (χ0n) is 28.6. The van der Waals surface area contributed by atoms with Crippen LogP contribution in [0.2, 0.25) is 0 Å². The summed E-state index contributed by atoms with van der Waals surface area (Å²) in [6.45, 7) is 5.39. The minimum Gasteiger partial charge on any atom is -0.388 e. The third-order valence-electron chi connectivity index (χ3n) is 11.4. The molecule has 3 atom stereocenters. The molecule has 3 heterocycles. The zero-order valence-corrected chi connectivity index (χ0v) is 28.6. The van der Waals surface area contributed by atoms with E-state index in [9.17, 15) is 24.3 Å². The number of aliphatic hydroxyl groups is 1. The van der Waals surface area contributed by atoms with Crippen molar-refractivity contribution in [3.05, 3.63) is 0 Å². The Labute approximate surface area is 284 Å². The molecule has 3 aliphatic heterocycles. The fourth-order valence-corrected chi connectivity index (χ4v) is 7.96. The van der Waals surface area contributed by atoms with Gasteiger partial charge in [0.05, 0.1) is 12.7 Å². The molecule has 0 bridgehead atoms. The predicted molar refractivity (Wildman–Crippen MR) is 176 cm³/mol. The van der Waals surface area contributed by atoms with Crippen LogP contribution in [0.5, 0.6) is 0 Å². The van der Waals surface area contributed by atoms with Gasteiger partial charge in [-0.2, -0.15) is 0 Å². The number of amides is 4. The normalized spacial score (nSPS) is 31.9. The Morgan fingerprint density at radius 1 is 0.625 bits per heavy atom. The highest BCUT2D eigenvalue weighted by Gasteiger charge is 2.36. The van der Waals surface area contributed by atoms with Crippen LogP contribution >= 0.6 is 0 Å². The molecule has 3 saturated heterocycles. The third kappa shape index (κ3) is 9.66. The van der Waals surface area contributed by atoms with Gasteiger partial charge < -0.3 is 50.4 Å². The van der Waals surface area contributed by atoms with Gasteiger partial charge in [-0.1, -0.05) is 0 Å². The van der Waals surface area contributed by atoms with Gasteiger partial charge in [-0.25, -0.2) is 0 Å². The molecule has 2 saturated carbocycles. The molecule has 5 fully saturated rings. The van der Waals surface area contributed by atoms with Crippen molar-refractivity contribution in [1.82, 2.24) is 19.6 Å². The topological polar surface area (TPSA) is 181 Å². The van der Waals surface area contributed by atoms with Gasteiger partial charge in [0.25, 0.3) is 0 Å². The minimum absolute atomic E-state index is 0.0223. The summed E-state index contributed by atoms with van der Waals surface area (Å²) in [5.41, 5.74) is 11.6. The lowest BCUT2D eigenvalue weighted by molar-refractivity contribution is -0.178. The van der Waals surface area contributed by atoms with Crippen LogP contribution in [-0.2, 0) is 33.4 Å². The molecule has 0 spiro atoms. The van der Waals surface area contributed by atoms with Crippen LogP contribution < -0.4 is 11.5 Å². The quantitative estimate of drug-likeness (QED) is 0.256. The number of hydrogen-bond acceptors (Lipinski definition) is 10. The van der Waals surface area contributed by atoms with E-state index in [1.54, 1.807) is 9.80 Å². The molecule has 5 aliphatic rings. The summed E-state index contributed by atoms with van der Waals surface area (Å²) in [6, 6.07) is 0. The van der Waals surface area contributed by atoms with Crippen LogP contribution in [0, 0.1) is 23.7 Å². The van der Waals surface area contributed by atoms with Crippen molar-refractivity contribution in [3.8, 4) is 0 Å². The molecule has 2 aliphatic carbocycles. The van der Waals surface area contributed by atoms with Gasteiger partial charge in [0.15, 0.2) is 0 Å². The second-order valence-electron chi connectivity index (χ2n) is 14.4. The van der Waals surface area contributed by atoms with E-state index in [4.69, 9.17) is 25.7 Å². The maximum absolute atomic E-state index is 13.0. The van der Waals surface area contributed by atoms with Crippen LogP contribution in [0.25, 0.3) is 0 Å². The Morgan fingerprint density at radius 2 is 1.06 bits per heavy atom. The van der Waals surface area contributed by atoms with Crippen LogP contribution in [-0.4, -0.2) is 159 Å². The van der Waals surface area contributed by atoms with E-state index in [2.05, 4.69) is 0 Å². The standard InChI is InChI=1S/C34H58N6O8/c35-19-24-1-5-26(6-2-24)33(44)39-14-10-37(11-15-39)30(41)22-46-21-29-32(43)28(9-18-47-29)48-23-31(42)38-12-16-40(17-13-38)34(45)27-7-3-25(20-36)4-8-27/h24-29,32,43H,1-23,35-36H2/t24?,25?,26?,27?,28-,29-,32+/m1/s1. The number of rotatable bonds is 11. The van der Waals surface area contributed by atoms with Gasteiger partial charge in [0.1, 0.15) is 25.4 Å². The monoisotopic (exact) mass is 678 g/mol. The van der Waals surface area contributed by atoms with E-state index in [0.29, 0.717) is 90.3 Å². The van der Waals surface area contributed by atoms with E-state index in [0.717, 1.165) is 51.4 Å². The van der Waals surface area contributed by atoms with Crippen LogP contribution in [0.1, 0.15) is 57.8 Å². The molecule has 272 valence electrons. The van der Waals surface area contributed by atoms with Crippen molar-refractivity contribution in [1.29, 1.82) is 0 Å². The maximum atomic E-state index is 13.0. The Morgan fingerprint density at radius 3 is 1.52 bits per heavy atom. The number of ether oxygens (including phenoxy) is 3. The number of piperazine rings is 2. The van der Waals surface area contributed by atoms with Crippen LogP contribution in [0.4, 0.5) is 0 Å². The summed E-state index contributed by atoms with van der Waals surface area (Å²) in [5.74, 6) is 1.25. The first kappa shape index (κ1) is 36.9. The lowest BCUT2D eigenvalue weighted by Gasteiger charge is -2.38. The summed E-state index contributed by atoms with van der Waals surface area (Å²) < 4.78 is 17.2. The summed E-state index contributed by atoms with van der Waals surface area (Å²) in [5, 5.41) is 10.9. The Bertz CT molecular complexity index is 1070. The van der Waals surface area contributed by atoms with Crippen molar-refractivity contribution >= 4 is 23.6 Å². The molecule has 4 amide bonds. The highest BCUT2D eigenvalue weighted by atomic mass is 16.6. The van der Waals surface area contributed by atoms with Gasteiger partial charge in [0.2, 0.25) is 23.6 Å². The fourth-order valence-electron chi connectivity index (χ4n) is 7.96. The number of carbonyl (C=O) groups is 4. The van der Waals surface area contributed by atoms with Crippen LogP contribution in [0.15, 0.2) is 0 Å². The average molecular weight is 679 g/mol. The molecule has 0 aromatic heterocycles. The predicted octanol–water partition coefficient (Wildman–Crippen LogP) is -0.590. The first-order valence-electron chi connectivity index (χ1n) is 18.3. The second-order valence-corrected chi connectivity index (χ2v) is 14.4. The third-order valence-corrected chi connectivity index (χ3v) is 11.4. The second kappa shape index (κ2) is 18.0.